The zero-order chi connectivity index (χ0) is 23.0. The monoisotopic (exact) mass is 448 g/mol. The van der Waals surface area contributed by atoms with E-state index in [1.165, 1.54) is 23.1 Å². The van der Waals surface area contributed by atoms with E-state index < -0.39 is 15.7 Å². The van der Waals surface area contributed by atoms with E-state index in [1.54, 1.807) is 26.2 Å². The van der Waals surface area contributed by atoms with Crippen molar-refractivity contribution >= 4 is 21.7 Å². The van der Waals surface area contributed by atoms with Gasteiger partial charge in [-0.2, -0.15) is 0 Å². The number of halogens is 1. The van der Waals surface area contributed by atoms with Crippen LogP contribution in [-0.4, -0.2) is 52.1 Å². The van der Waals surface area contributed by atoms with Crippen LogP contribution in [0.5, 0.6) is 0 Å². The Balaban J connectivity index is 2.10. The first-order chi connectivity index (χ1) is 14.6. The quantitative estimate of drug-likeness (QED) is 0.478. The SMILES string of the molecule is CCNC(=NCc1ccc(C(=O)N(C)C)cc1)NCc1cc(F)ccc1CS(C)(=O)=O. The van der Waals surface area contributed by atoms with Gasteiger partial charge in [0.15, 0.2) is 15.8 Å². The summed E-state index contributed by atoms with van der Waals surface area (Å²) in [6.07, 6.45) is 1.15. The first-order valence-corrected chi connectivity index (χ1v) is 11.9. The van der Waals surface area contributed by atoms with E-state index in [0.717, 1.165) is 11.8 Å². The first kappa shape index (κ1) is 24.3. The fraction of sp³-hybridized carbons (Fsp3) is 0.364. The molecule has 0 unspecified atom stereocenters. The van der Waals surface area contributed by atoms with Gasteiger partial charge < -0.3 is 15.5 Å². The van der Waals surface area contributed by atoms with Gasteiger partial charge in [0.2, 0.25) is 0 Å². The lowest BCUT2D eigenvalue weighted by molar-refractivity contribution is 0.0827. The van der Waals surface area contributed by atoms with Crippen LogP contribution in [0.15, 0.2) is 47.5 Å². The van der Waals surface area contributed by atoms with Gasteiger partial charge in [-0.25, -0.2) is 17.8 Å². The van der Waals surface area contributed by atoms with E-state index in [9.17, 15) is 17.6 Å². The number of carbonyl (C=O) groups is 1. The molecule has 0 aromatic heterocycles. The maximum absolute atomic E-state index is 13.7. The van der Waals surface area contributed by atoms with Crippen LogP contribution in [0.3, 0.4) is 0 Å². The third-order valence-electron chi connectivity index (χ3n) is 4.40. The highest BCUT2D eigenvalue weighted by molar-refractivity contribution is 7.89. The molecule has 0 saturated carbocycles. The predicted octanol–water partition coefficient (Wildman–Crippen LogP) is 2.33. The molecule has 1 amide bonds. The third kappa shape index (κ3) is 8.01. The Bertz CT molecular complexity index is 1040. The number of amides is 1. The molecule has 0 saturated heterocycles. The molecular formula is C22H29FN4O3S. The lowest BCUT2D eigenvalue weighted by atomic mass is 10.1. The largest absolute Gasteiger partial charge is 0.357 e. The molecule has 2 N–H and O–H groups in total. The van der Waals surface area contributed by atoms with Gasteiger partial charge in [0, 0.05) is 39.0 Å². The van der Waals surface area contributed by atoms with Gasteiger partial charge in [-0.3, -0.25) is 4.79 Å². The molecule has 7 nitrogen and oxygen atoms in total. The molecule has 0 aliphatic carbocycles. The number of aliphatic imine (C=N–C) groups is 1. The molecule has 0 spiro atoms. The molecule has 0 atom stereocenters. The van der Waals surface area contributed by atoms with E-state index >= 15 is 0 Å². The van der Waals surface area contributed by atoms with Crippen molar-refractivity contribution in [2.75, 3.05) is 26.9 Å². The predicted molar refractivity (Wildman–Crippen MR) is 121 cm³/mol. The van der Waals surface area contributed by atoms with E-state index in [0.29, 0.717) is 35.7 Å². The number of guanidine groups is 1. The Morgan fingerprint density at radius 1 is 1.06 bits per heavy atom. The Morgan fingerprint density at radius 3 is 2.32 bits per heavy atom. The molecule has 0 heterocycles. The van der Waals surface area contributed by atoms with Crippen molar-refractivity contribution in [3.63, 3.8) is 0 Å². The fourth-order valence-corrected chi connectivity index (χ4v) is 3.73. The molecule has 9 heteroatoms. The molecule has 0 aliphatic heterocycles. The van der Waals surface area contributed by atoms with Gasteiger partial charge in [0.1, 0.15) is 5.82 Å². The van der Waals surface area contributed by atoms with Crippen LogP contribution in [0.25, 0.3) is 0 Å². The number of hydrogen-bond acceptors (Lipinski definition) is 4. The molecule has 0 fully saturated rings. The standard InChI is InChI=1S/C22H29FN4O3S/c1-5-24-22(25-13-16-6-8-17(9-7-16)21(28)27(2)3)26-14-19-12-20(23)11-10-18(19)15-31(4,29)30/h6-12H,5,13-15H2,1-4H3,(H2,24,25,26). The number of nitrogens with one attached hydrogen (secondary N) is 2. The maximum atomic E-state index is 13.7. The summed E-state index contributed by atoms with van der Waals surface area (Å²) < 4.78 is 37.0. The lowest BCUT2D eigenvalue weighted by Gasteiger charge is -2.14. The summed E-state index contributed by atoms with van der Waals surface area (Å²) in [5.74, 6) is -0.130. The molecule has 31 heavy (non-hydrogen) atoms. The molecule has 0 radical (unpaired) electrons. The molecule has 0 aliphatic rings. The van der Waals surface area contributed by atoms with Crippen molar-refractivity contribution in [2.24, 2.45) is 4.99 Å². The molecule has 2 aromatic rings. The highest BCUT2D eigenvalue weighted by atomic mass is 32.2. The molecule has 168 valence electrons. The second-order valence-corrected chi connectivity index (χ2v) is 9.57. The highest BCUT2D eigenvalue weighted by Gasteiger charge is 2.11. The lowest BCUT2D eigenvalue weighted by Crippen LogP contribution is -2.37. The average Bonchev–Trinajstić information content (AvgIpc) is 2.70. The van der Waals surface area contributed by atoms with Crippen LogP contribution in [0.2, 0.25) is 0 Å². The summed E-state index contributed by atoms with van der Waals surface area (Å²) in [6, 6.07) is 11.3. The normalized spacial score (nSPS) is 11.8. The van der Waals surface area contributed by atoms with Crippen LogP contribution in [-0.2, 0) is 28.7 Å². The first-order valence-electron chi connectivity index (χ1n) is 9.87. The van der Waals surface area contributed by atoms with E-state index in [2.05, 4.69) is 15.6 Å². The maximum Gasteiger partial charge on any atom is 0.253 e. The Morgan fingerprint density at radius 2 is 1.74 bits per heavy atom. The van der Waals surface area contributed by atoms with Gasteiger partial charge in [0.05, 0.1) is 12.3 Å². The van der Waals surface area contributed by atoms with Crippen molar-refractivity contribution in [3.05, 3.63) is 70.5 Å². The van der Waals surface area contributed by atoms with Crippen LogP contribution < -0.4 is 10.6 Å². The number of sulfone groups is 1. The van der Waals surface area contributed by atoms with Crippen LogP contribution in [0, 0.1) is 5.82 Å². The summed E-state index contributed by atoms with van der Waals surface area (Å²) in [4.78, 5) is 18.0. The number of carbonyl (C=O) groups excluding carboxylic acids is 1. The minimum Gasteiger partial charge on any atom is -0.357 e. The summed E-state index contributed by atoms with van der Waals surface area (Å²) in [5.41, 5.74) is 2.64. The Labute approximate surface area is 183 Å². The fourth-order valence-electron chi connectivity index (χ4n) is 2.88. The topological polar surface area (TPSA) is 90.9 Å². The minimum atomic E-state index is -3.25. The van der Waals surface area contributed by atoms with Gasteiger partial charge in [-0.15, -0.1) is 0 Å². The van der Waals surface area contributed by atoms with Gasteiger partial charge in [-0.1, -0.05) is 18.2 Å². The summed E-state index contributed by atoms with van der Waals surface area (Å²) in [6.45, 7) is 3.16. The summed E-state index contributed by atoms with van der Waals surface area (Å²) in [7, 11) is 0.161. The highest BCUT2D eigenvalue weighted by Crippen LogP contribution is 2.14. The van der Waals surface area contributed by atoms with E-state index in [1.807, 2.05) is 19.1 Å². The zero-order valence-corrected chi connectivity index (χ0v) is 19.1. The van der Waals surface area contributed by atoms with Crippen molar-refractivity contribution in [1.29, 1.82) is 0 Å². The Kier molecular flexibility index (Phi) is 8.56. The second kappa shape index (κ2) is 10.9. The molecule has 2 rings (SSSR count). The zero-order valence-electron chi connectivity index (χ0n) is 18.3. The van der Waals surface area contributed by atoms with Crippen molar-refractivity contribution in [2.45, 2.75) is 25.8 Å². The van der Waals surface area contributed by atoms with Crippen molar-refractivity contribution in [1.82, 2.24) is 15.5 Å². The molecule has 2 aromatic carbocycles. The number of rotatable bonds is 8. The molecule has 0 bridgehead atoms. The van der Waals surface area contributed by atoms with Crippen LogP contribution in [0.4, 0.5) is 4.39 Å². The minimum absolute atomic E-state index is 0.0648. The summed E-state index contributed by atoms with van der Waals surface area (Å²) >= 11 is 0. The number of hydrogen-bond donors (Lipinski definition) is 2. The van der Waals surface area contributed by atoms with Crippen molar-refractivity contribution in [3.8, 4) is 0 Å². The second-order valence-electron chi connectivity index (χ2n) is 7.43. The van der Waals surface area contributed by atoms with E-state index in [4.69, 9.17) is 0 Å². The number of nitrogens with zero attached hydrogens (tertiary/aromatic N) is 2. The Hall–Kier alpha value is -2.94. The van der Waals surface area contributed by atoms with Gasteiger partial charge >= 0.3 is 0 Å². The third-order valence-corrected chi connectivity index (χ3v) is 5.24. The van der Waals surface area contributed by atoms with Gasteiger partial charge in [0.25, 0.3) is 5.91 Å². The summed E-state index contributed by atoms with van der Waals surface area (Å²) in [5, 5.41) is 6.24. The average molecular weight is 449 g/mol. The smallest absolute Gasteiger partial charge is 0.253 e. The van der Waals surface area contributed by atoms with Crippen LogP contribution >= 0.6 is 0 Å². The van der Waals surface area contributed by atoms with Crippen molar-refractivity contribution < 1.29 is 17.6 Å². The van der Waals surface area contributed by atoms with E-state index in [-0.39, 0.29) is 18.2 Å². The number of benzene rings is 2. The van der Waals surface area contributed by atoms with Gasteiger partial charge in [-0.05, 0) is 47.9 Å². The molecular weight excluding hydrogens is 419 g/mol. The van der Waals surface area contributed by atoms with Crippen LogP contribution in [0.1, 0.15) is 34.0 Å².